The molecule has 1 saturated carbocycles. The number of likely N-dealkylation sites (tertiary alicyclic amines) is 1. The van der Waals surface area contributed by atoms with E-state index < -0.39 is 0 Å². The van der Waals surface area contributed by atoms with Crippen LogP contribution in [-0.2, 0) is 4.79 Å². The molecule has 1 amide bonds. The molecule has 0 aromatic heterocycles. The first-order chi connectivity index (χ1) is 13.0. The number of rotatable bonds is 6. The summed E-state index contributed by atoms with van der Waals surface area (Å²) < 4.78 is 0. The third-order valence-corrected chi connectivity index (χ3v) is 6.52. The van der Waals surface area contributed by atoms with Gasteiger partial charge in [-0.2, -0.15) is 0 Å². The molecule has 2 atom stereocenters. The van der Waals surface area contributed by atoms with E-state index in [1.807, 2.05) is 11.9 Å². The summed E-state index contributed by atoms with van der Waals surface area (Å²) in [6.07, 6.45) is 4.99. The van der Waals surface area contributed by atoms with Gasteiger partial charge < -0.3 is 15.1 Å². The van der Waals surface area contributed by atoms with Gasteiger partial charge in [-0.3, -0.25) is 19.6 Å². The lowest BCUT2D eigenvalue weighted by Crippen LogP contribution is -2.57. The summed E-state index contributed by atoms with van der Waals surface area (Å²) in [7, 11) is 4.09. The molecule has 0 radical (unpaired) electrons. The van der Waals surface area contributed by atoms with Crippen LogP contribution in [0.25, 0.3) is 0 Å². The fourth-order valence-electron chi connectivity index (χ4n) is 4.24. The molecular weight excluding hydrogens is 340 g/mol. The van der Waals surface area contributed by atoms with Gasteiger partial charge in [-0.05, 0) is 46.6 Å². The first kappa shape index (κ1) is 20.4. The van der Waals surface area contributed by atoms with Gasteiger partial charge in [0.2, 0.25) is 5.91 Å². The van der Waals surface area contributed by atoms with Crippen molar-refractivity contribution in [2.45, 2.75) is 57.7 Å². The Morgan fingerprint density at radius 1 is 1.07 bits per heavy atom. The average molecular weight is 379 g/mol. The van der Waals surface area contributed by atoms with Crippen LogP contribution in [0.3, 0.4) is 0 Å². The number of likely N-dealkylation sites (N-methyl/N-ethyl adjacent to an activating group) is 1. The lowest BCUT2D eigenvalue weighted by molar-refractivity contribution is -0.135. The zero-order valence-electron chi connectivity index (χ0n) is 17.7. The summed E-state index contributed by atoms with van der Waals surface area (Å²) in [5.41, 5.74) is 0. The average Bonchev–Trinajstić information content (AvgIpc) is 3.40. The number of aliphatic imine (C=N–C) groups is 1. The van der Waals surface area contributed by atoms with E-state index in [9.17, 15) is 4.79 Å². The zero-order valence-corrected chi connectivity index (χ0v) is 17.7. The fourth-order valence-corrected chi connectivity index (χ4v) is 4.24. The van der Waals surface area contributed by atoms with Crippen LogP contribution < -0.4 is 5.32 Å². The Hall–Kier alpha value is -1.34. The first-order valence-corrected chi connectivity index (χ1v) is 10.7. The Labute approximate surface area is 164 Å². The molecule has 0 aromatic carbocycles. The van der Waals surface area contributed by atoms with Crippen LogP contribution in [0.15, 0.2) is 4.99 Å². The molecule has 1 aliphatic carbocycles. The van der Waals surface area contributed by atoms with Gasteiger partial charge in [-0.1, -0.05) is 0 Å². The van der Waals surface area contributed by atoms with E-state index >= 15 is 0 Å². The number of hydrogen-bond acceptors (Lipinski definition) is 4. The molecule has 0 aromatic rings. The van der Waals surface area contributed by atoms with Gasteiger partial charge in [0.15, 0.2) is 5.96 Å². The molecule has 3 rings (SSSR count). The van der Waals surface area contributed by atoms with Gasteiger partial charge in [0.05, 0.1) is 6.04 Å². The summed E-state index contributed by atoms with van der Waals surface area (Å²) in [5.74, 6) is 1.30. The third kappa shape index (κ3) is 5.13. The zero-order chi connectivity index (χ0) is 19.4. The highest BCUT2D eigenvalue weighted by Gasteiger charge is 2.31. The lowest BCUT2D eigenvalue weighted by Gasteiger charge is -2.40. The van der Waals surface area contributed by atoms with E-state index in [-0.39, 0.29) is 6.04 Å². The highest BCUT2D eigenvalue weighted by Crippen LogP contribution is 2.26. The standard InChI is InChI=1S/C20H38N6O/c1-16(23(4)18-7-8-18)15-22-20(21-3)26-13-11-24(12-14-26)17(2)19(27)25-9-5-6-10-25/h16-18H,5-15H2,1-4H3,(H,21,22). The van der Waals surface area contributed by atoms with Crippen molar-refractivity contribution in [1.29, 1.82) is 0 Å². The number of guanidine groups is 1. The predicted molar refractivity (Wildman–Crippen MR) is 110 cm³/mol. The number of nitrogens with one attached hydrogen (secondary N) is 1. The first-order valence-electron chi connectivity index (χ1n) is 10.7. The highest BCUT2D eigenvalue weighted by molar-refractivity contribution is 5.82. The monoisotopic (exact) mass is 378 g/mol. The number of carbonyl (C=O) groups excluding carboxylic acids is 1. The summed E-state index contributed by atoms with van der Waals surface area (Å²) in [6, 6.07) is 1.28. The van der Waals surface area contributed by atoms with Crippen LogP contribution in [0.5, 0.6) is 0 Å². The summed E-state index contributed by atoms with van der Waals surface area (Å²) in [4.78, 5) is 26.3. The lowest BCUT2D eigenvalue weighted by atomic mass is 10.2. The largest absolute Gasteiger partial charge is 0.355 e. The molecule has 27 heavy (non-hydrogen) atoms. The minimum Gasteiger partial charge on any atom is -0.355 e. The van der Waals surface area contributed by atoms with E-state index in [1.165, 1.54) is 12.8 Å². The van der Waals surface area contributed by atoms with Crippen molar-refractivity contribution in [2.75, 3.05) is 59.9 Å². The minimum absolute atomic E-state index is 0.00700. The molecule has 0 bridgehead atoms. The van der Waals surface area contributed by atoms with Crippen molar-refractivity contribution in [2.24, 2.45) is 4.99 Å². The maximum atomic E-state index is 12.6. The quantitative estimate of drug-likeness (QED) is 0.544. The number of carbonyl (C=O) groups is 1. The summed E-state index contributed by atoms with van der Waals surface area (Å²) in [5, 5.41) is 3.55. The van der Waals surface area contributed by atoms with Crippen molar-refractivity contribution in [3.8, 4) is 0 Å². The second-order valence-corrected chi connectivity index (χ2v) is 8.41. The van der Waals surface area contributed by atoms with Gasteiger partial charge in [0.1, 0.15) is 0 Å². The van der Waals surface area contributed by atoms with E-state index in [0.29, 0.717) is 11.9 Å². The Morgan fingerprint density at radius 2 is 1.70 bits per heavy atom. The number of amides is 1. The summed E-state index contributed by atoms with van der Waals surface area (Å²) >= 11 is 0. The summed E-state index contributed by atoms with van der Waals surface area (Å²) in [6.45, 7) is 10.8. The van der Waals surface area contributed by atoms with E-state index in [0.717, 1.165) is 70.7 Å². The second-order valence-electron chi connectivity index (χ2n) is 8.41. The molecule has 7 nitrogen and oxygen atoms in total. The minimum atomic E-state index is -0.00700. The molecule has 3 fully saturated rings. The normalized spacial score (nSPS) is 24.4. The van der Waals surface area contributed by atoms with Crippen LogP contribution in [-0.4, -0.2) is 110 Å². The molecule has 2 aliphatic heterocycles. The number of nitrogens with zero attached hydrogens (tertiary/aromatic N) is 5. The highest BCUT2D eigenvalue weighted by atomic mass is 16.2. The Bertz CT molecular complexity index is 521. The molecule has 3 aliphatic rings. The van der Waals surface area contributed by atoms with Crippen LogP contribution in [0.4, 0.5) is 0 Å². The molecule has 1 N–H and O–H groups in total. The SMILES string of the molecule is CN=C(NCC(C)N(C)C1CC1)N1CCN(C(C)C(=O)N2CCCC2)CC1. The Balaban J connectivity index is 1.43. The van der Waals surface area contributed by atoms with Crippen LogP contribution in [0.2, 0.25) is 0 Å². The molecule has 0 spiro atoms. The van der Waals surface area contributed by atoms with Crippen molar-refractivity contribution in [3.63, 3.8) is 0 Å². The molecule has 2 unspecified atom stereocenters. The molecule has 2 saturated heterocycles. The van der Waals surface area contributed by atoms with Gasteiger partial charge in [0, 0.05) is 64.9 Å². The van der Waals surface area contributed by atoms with E-state index in [1.54, 1.807) is 0 Å². The van der Waals surface area contributed by atoms with Gasteiger partial charge >= 0.3 is 0 Å². The van der Waals surface area contributed by atoms with Crippen molar-refractivity contribution < 1.29 is 4.79 Å². The maximum absolute atomic E-state index is 12.6. The molecular formula is C20H38N6O. The Morgan fingerprint density at radius 3 is 2.26 bits per heavy atom. The van der Waals surface area contributed by atoms with E-state index in [4.69, 9.17) is 0 Å². The number of hydrogen-bond donors (Lipinski definition) is 1. The van der Waals surface area contributed by atoms with Gasteiger partial charge in [-0.25, -0.2) is 0 Å². The fraction of sp³-hybridized carbons (Fsp3) is 0.900. The maximum Gasteiger partial charge on any atom is 0.239 e. The van der Waals surface area contributed by atoms with Gasteiger partial charge in [-0.15, -0.1) is 0 Å². The molecule has 154 valence electrons. The second kappa shape index (κ2) is 9.24. The van der Waals surface area contributed by atoms with Crippen molar-refractivity contribution >= 4 is 11.9 Å². The third-order valence-electron chi connectivity index (χ3n) is 6.52. The van der Waals surface area contributed by atoms with Crippen LogP contribution >= 0.6 is 0 Å². The van der Waals surface area contributed by atoms with Crippen LogP contribution in [0.1, 0.15) is 39.5 Å². The number of piperazine rings is 1. The van der Waals surface area contributed by atoms with Gasteiger partial charge in [0.25, 0.3) is 0 Å². The Kier molecular flexibility index (Phi) is 6.98. The topological polar surface area (TPSA) is 54.4 Å². The van der Waals surface area contributed by atoms with Crippen molar-refractivity contribution in [1.82, 2.24) is 24.9 Å². The molecule has 7 heteroatoms. The smallest absolute Gasteiger partial charge is 0.239 e. The van der Waals surface area contributed by atoms with Crippen molar-refractivity contribution in [3.05, 3.63) is 0 Å². The predicted octanol–water partition coefficient (Wildman–Crippen LogP) is 0.673. The van der Waals surface area contributed by atoms with Crippen LogP contribution in [0, 0.1) is 0 Å². The van der Waals surface area contributed by atoms with E-state index in [2.05, 4.69) is 45.9 Å². The molecule has 2 heterocycles.